The Balaban J connectivity index is 1.42. The SMILES string of the molecule is CCOc1ccc(-c2cc3c(=O)n(CCC(=O)NCc4cc(F)cc(F)c4)ccn3n2)cc1. The van der Waals surface area contributed by atoms with Gasteiger partial charge in [-0.15, -0.1) is 0 Å². The number of halogens is 2. The quantitative estimate of drug-likeness (QED) is 0.444. The molecule has 1 N–H and O–H groups in total. The van der Waals surface area contributed by atoms with Gasteiger partial charge in [-0.1, -0.05) is 0 Å². The molecule has 33 heavy (non-hydrogen) atoms. The number of fused-ring (bicyclic) bond motifs is 1. The highest BCUT2D eigenvalue weighted by molar-refractivity contribution is 5.75. The highest BCUT2D eigenvalue weighted by atomic mass is 19.1. The van der Waals surface area contributed by atoms with Gasteiger partial charge in [0, 0.05) is 43.5 Å². The van der Waals surface area contributed by atoms with E-state index in [0.29, 0.717) is 23.4 Å². The maximum Gasteiger partial charge on any atom is 0.276 e. The Morgan fingerprint density at radius 1 is 1.06 bits per heavy atom. The maximum atomic E-state index is 13.2. The smallest absolute Gasteiger partial charge is 0.276 e. The molecule has 0 unspecified atom stereocenters. The number of aromatic nitrogens is 3. The lowest BCUT2D eigenvalue weighted by Crippen LogP contribution is -2.27. The molecule has 0 radical (unpaired) electrons. The van der Waals surface area contributed by atoms with Gasteiger partial charge in [0.05, 0.1) is 12.3 Å². The first-order chi connectivity index (χ1) is 15.9. The normalized spacial score (nSPS) is 11.0. The molecule has 1 amide bonds. The molecule has 170 valence electrons. The summed E-state index contributed by atoms with van der Waals surface area (Å²) >= 11 is 0. The van der Waals surface area contributed by atoms with Gasteiger partial charge in [-0.25, -0.2) is 13.3 Å². The summed E-state index contributed by atoms with van der Waals surface area (Å²) in [5.74, 6) is -0.989. The van der Waals surface area contributed by atoms with Crippen molar-refractivity contribution in [1.82, 2.24) is 19.5 Å². The van der Waals surface area contributed by atoms with E-state index in [-0.39, 0.29) is 31.0 Å². The standard InChI is InChI=1S/C24H22F2N4O3/c1-2-33-20-5-3-17(4-6-20)21-14-22-24(32)29(9-10-30(22)28-21)8-7-23(31)27-15-16-11-18(25)13-19(26)12-16/h3-6,9-14H,2,7-8,15H2,1H3,(H,27,31). The second-order valence-electron chi connectivity index (χ2n) is 7.42. The highest BCUT2D eigenvalue weighted by Crippen LogP contribution is 2.22. The molecule has 2 aromatic heterocycles. The predicted molar refractivity (Wildman–Crippen MR) is 119 cm³/mol. The van der Waals surface area contributed by atoms with E-state index in [1.54, 1.807) is 18.5 Å². The molecule has 4 rings (SSSR count). The van der Waals surface area contributed by atoms with E-state index < -0.39 is 11.6 Å². The number of benzene rings is 2. The van der Waals surface area contributed by atoms with Gasteiger partial charge in [-0.05, 0) is 55.0 Å². The number of hydrogen-bond donors (Lipinski definition) is 1. The third-order valence-corrected chi connectivity index (χ3v) is 5.06. The molecule has 0 aliphatic rings. The van der Waals surface area contributed by atoms with Crippen molar-refractivity contribution in [1.29, 1.82) is 0 Å². The van der Waals surface area contributed by atoms with Gasteiger partial charge < -0.3 is 14.6 Å². The van der Waals surface area contributed by atoms with Crippen LogP contribution in [0.25, 0.3) is 16.8 Å². The van der Waals surface area contributed by atoms with Crippen LogP contribution in [0.4, 0.5) is 8.78 Å². The van der Waals surface area contributed by atoms with Gasteiger partial charge in [-0.3, -0.25) is 9.59 Å². The molecule has 0 fully saturated rings. The molecular weight excluding hydrogens is 430 g/mol. The minimum Gasteiger partial charge on any atom is -0.494 e. The van der Waals surface area contributed by atoms with Crippen molar-refractivity contribution in [3.8, 4) is 17.0 Å². The van der Waals surface area contributed by atoms with Crippen LogP contribution in [0.2, 0.25) is 0 Å². The van der Waals surface area contributed by atoms with Crippen molar-refractivity contribution < 1.29 is 18.3 Å². The highest BCUT2D eigenvalue weighted by Gasteiger charge is 2.11. The fourth-order valence-electron chi connectivity index (χ4n) is 3.46. The summed E-state index contributed by atoms with van der Waals surface area (Å²) in [6.45, 7) is 2.64. The summed E-state index contributed by atoms with van der Waals surface area (Å²) in [5.41, 5.74) is 1.92. The van der Waals surface area contributed by atoms with Crippen molar-refractivity contribution in [2.75, 3.05) is 6.61 Å². The van der Waals surface area contributed by atoms with Gasteiger partial charge in [0.2, 0.25) is 5.91 Å². The lowest BCUT2D eigenvalue weighted by Gasteiger charge is -2.08. The lowest BCUT2D eigenvalue weighted by molar-refractivity contribution is -0.121. The molecule has 2 aromatic carbocycles. The van der Waals surface area contributed by atoms with Crippen molar-refractivity contribution >= 4 is 11.4 Å². The van der Waals surface area contributed by atoms with E-state index in [4.69, 9.17) is 4.74 Å². The van der Waals surface area contributed by atoms with Crippen molar-refractivity contribution in [2.45, 2.75) is 26.4 Å². The number of carbonyl (C=O) groups excluding carboxylic acids is 1. The number of amides is 1. The van der Waals surface area contributed by atoms with Crippen LogP contribution in [0.5, 0.6) is 5.75 Å². The second-order valence-corrected chi connectivity index (χ2v) is 7.42. The summed E-state index contributed by atoms with van der Waals surface area (Å²) in [5, 5.41) is 7.06. The fourth-order valence-corrected chi connectivity index (χ4v) is 3.46. The van der Waals surface area contributed by atoms with Gasteiger partial charge in [0.25, 0.3) is 5.56 Å². The van der Waals surface area contributed by atoms with E-state index in [2.05, 4.69) is 10.4 Å². The van der Waals surface area contributed by atoms with Crippen molar-refractivity contribution in [2.24, 2.45) is 0 Å². The van der Waals surface area contributed by atoms with Crippen LogP contribution in [-0.4, -0.2) is 26.7 Å². The molecule has 2 heterocycles. The third-order valence-electron chi connectivity index (χ3n) is 5.06. The summed E-state index contributed by atoms with van der Waals surface area (Å²) in [6, 6.07) is 12.2. The zero-order valence-corrected chi connectivity index (χ0v) is 17.9. The van der Waals surface area contributed by atoms with Crippen LogP contribution in [0.15, 0.2) is 65.7 Å². The van der Waals surface area contributed by atoms with Crippen LogP contribution in [0.1, 0.15) is 18.9 Å². The minimum atomic E-state index is -0.704. The zero-order valence-electron chi connectivity index (χ0n) is 17.9. The average molecular weight is 452 g/mol. The predicted octanol–water partition coefficient (Wildman–Crippen LogP) is 3.55. The Bertz CT molecular complexity index is 1330. The summed E-state index contributed by atoms with van der Waals surface area (Å²) in [4.78, 5) is 25.0. The topological polar surface area (TPSA) is 77.6 Å². The third kappa shape index (κ3) is 5.25. The van der Waals surface area contributed by atoms with Crippen LogP contribution < -0.4 is 15.6 Å². The molecule has 0 saturated carbocycles. The fraction of sp³-hybridized carbons (Fsp3) is 0.208. The molecule has 4 aromatic rings. The second kappa shape index (κ2) is 9.64. The van der Waals surface area contributed by atoms with E-state index in [1.165, 1.54) is 9.08 Å². The first kappa shape index (κ1) is 22.2. The van der Waals surface area contributed by atoms with Crippen molar-refractivity contribution in [3.05, 3.63) is 88.5 Å². The molecule has 0 saturated heterocycles. The Morgan fingerprint density at radius 2 is 1.79 bits per heavy atom. The molecule has 0 aliphatic carbocycles. The number of rotatable bonds is 8. The number of ether oxygens (including phenoxy) is 1. The number of aryl methyl sites for hydroxylation is 1. The zero-order chi connectivity index (χ0) is 23.4. The molecular formula is C24H22F2N4O3. The number of carbonyl (C=O) groups is 1. The summed E-state index contributed by atoms with van der Waals surface area (Å²) in [7, 11) is 0. The first-order valence-electron chi connectivity index (χ1n) is 10.5. The number of nitrogens with one attached hydrogen (secondary N) is 1. The first-order valence-corrected chi connectivity index (χ1v) is 10.5. The summed E-state index contributed by atoms with van der Waals surface area (Å²) in [6.07, 6.45) is 3.26. The Labute approximate surface area is 188 Å². The Hall–Kier alpha value is -4.01. The Morgan fingerprint density at radius 3 is 2.48 bits per heavy atom. The van der Waals surface area contributed by atoms with E-state index in [1.807, 2.05) is 31.2 Å². The van der Waals surface area contributed by atoms with E-state index in [0.717, 1.165) is 29.5 Å². The van der Waals surface area contributed by atoms with E-state index in [9.17, 15) is 18.4 Å². The summed E-state index contributed by atoms with van der Waals surface area (Å²) < 4.78 is 34.9. The van der Waals surface area contributed by atoms with Gasteiger partial charge in [-0.2, -0.15) is 5.10 Å². The van der Waals surface area contributed by atoms with Crippen molar-refractivity contribution in [3.63, 3.8) is 0 Å². The van der Waals surface area contributed by atoms with Gasteiger partial charge >= 0.3 is 0 Å². The molecule has 7 nitrogen and oxygen atoms in total. The monoisotopic (exact) mass is 452 g/mol. The van der Waals surface area contributed by atoms with Gasteiger partial charge in [0.15, 0.2) is 0 Å². The molecule has 0 aliphatic heterocycles. The number of hydrogen-bond acceptors (Lipinski definition) is 4. The van der Waals surface area contributed by atoms with Crippen LogP contribution in [-0.2, 0) is 17.9 Å². The molecule has 0 bridgehead atoms. The lowest BCUT2D eigenvalue weighted by atomic mass is 10.1. The maximum absolute atomic E-state index is 13.2. The van der Waals surface area contributed by atoms with Gasteiger partial charge in [0.1, 0.15) is 22.9 Å². The van der Waals surface area contributed by atoms with Crippen LogP contribution in [0.3, 0.4) is 0 Å². The van der Waals surface area contributed by atoms with E-state index >= 15 is 0 Å². The molecule has 9 heteroatoms. The Kier molecular flexibility index (Phi) is 6.48. The molecule has 0 atom stereocenters. The average Bonchev–Trinajstić information content (AvgIpc) is 3.23. The largest absolute Gasteiger partial charge is 0.494 e. The number of nitrogens with zero attached hydrogens (tertiary/aromatic N) is 3. The molecule has 0 spiro atoms. The van der Waals surface area contributed by atoms with Crippen LogP contribution in [0, 0.1) is 11.6 Å². The van der Waals surface area contributed by atoms with Crippen LogP contribution >= 0.6 is 0 Å². The minimum absolute atomic E-state index is 0.00445.